The van der Waals surface area contributed by atoms with Crippen LogP contribution in [0, 0.1) is 5.92 Å². The maximum atomic E-state index is 12.6. The summed E-state index contributed by atoms with van der Waals surface area (Å²) in [5.41, 5.74) is 0.656. The minimum Gasteiger partial charge on any atom is -0.508 e. The molecule has 0 fully saturated rings. The molecule has 0 unspecified atom stereocenters. The van der Waals surface area contributed by atoms with E-state index in [1.807, 2.05) is 6.08 Å². The van der Waals surface area contributed by atoms with Crippen LogP contribution in [0.5, 0.6) is 5.75 Å². The smallest absolute Gasteiger partial charge is 0.327 e. The molecule has 1 aliphatic heterocycles. The van der Waals surface area contributed by atoms with Gasteiger partial charge in [-0.05, 0) is 24.1 Å². The van der Waals surface area contributed by atoms with Crippen LogP contribution in [0.15, 0.2) is 45.6 Å². The number of H-pyrrole nitrogens is 2. The number of anilines is 1. The topological polar surface area (TPSA) is 115 Å². The average molecular weight is 325 g/mol. The van der Waals surface area contributed by atoms with Gasteiger partial charge in [0.05, 0.1) is 11.5 Å². The second-order valence-corrected chi connectivity index (χ2v) is 6.03. The SMILES string of the molecule is O=C1CCC=C2Nc3[nH]c(=O)[nH]c(=O)c3[C@@H](c3ccc(O)cc3)[C@H]12. The second kappa shape index (κ2) is 5.23. The first kappa shape index (κ1) is 14.5. The van der Waals surface area contributed by atoms with Crippen molar-refractivity contribution in [3.8, 4) is 5.75 Å². The molecule has 0 radical (unpaired) electrons. The normalized spacial score (nSPS) is 22.2. The summed E-state index contributed by atoms with van der Waals surface area (Å²) in [7, 11) is 0. The quantitative estimate of drug-likeness (QED) is 0.629. The highest BCUT2D eigenvalue weighted by Gasteiger charge is 2.41. The number of phenolic OH excluding ortho intramolecular Hbond substituents is 1. The first-order valence-corrected chi connectivity index (χ1v) is 7.70. The van der Waals surface area contributed by atoms with Gasteiger partial charge in [-0.2, -0.15) is 0 Å². The van der Waals surface area contributed by atoms with Crippen molar-refractivity contribution in [1.82, 2.24) is 9.97 Å². The molecule has 0 bridgehead atoms. The summed E-state index contributed by atoms with van der Waals surface area (Å²) in [6.07, 6.45) is 2.98. The number of ketones is 1. The molecular formula is C17H15N3O4. The van der Waals surface area contributed by atoms with Crippen LogP contribution in [-0.2, 0) is 4.79 Å². The lowest BCUT2D eigenvalue weighted by Gasteiger charge is -2.36. The van der Waals surface area contributed by atoms with E-state index >= 15 is 0 Å². The molecule has 1 aromatic heterocycles. The highest BCUT2D eigenvalue weighted by atomic mass is 16.3. The van der Waals surface area contributed by atoms with E-state index in [0.29, 0.717) is 29.9 Å². The van der Waals surface area contributed by atoms with Crippen molar-refractivity contribution in [2.24, 2.45) is 5.92 Å². The zero-order valence-electron chi connectivity index (χ0n) is 12.6. The Hall–Kier alpha value is -3.09. The number of allylic oxidation sites excluding steroid dienone is 2. The van der Waals surface area contributed by atoms with Crippen molar-refractivity contribution >= 4 is 11.6 Å². The molecule has 7 heteroatoms. The van der Waals surface area contributed by atoms with E-state index in [2.05, 4.69) is 15.3 Å². The van der Waals surface area contributed by atoms with Crippen LogP contribution in [0.1, 0.15) is 29.9 Å². The predicted molar refractivity (Wildman–Crippen MR) is 87.1 cm³/mol. The third-order valence-corrected chi connectivity index (χ3v) is 4.58. The van der Waals surface area contributed by atoms with Crippen LogP contribution >= 0.6 is 0 Å². The van der Waals surface area contributed by atoms with Gasteiger partial charge in [-0.3, -0.25) is 19.6 Å². The Morgan fingerprint density at radius 1 is 1.00 bits per heavy atom. The number of aromatic hydroxyl groups is 1. The fraction of sp³-hybridized carbons (Fsp3) is 0.235. The van der Waals surface area contributed by atoms with Gasteiger partial charge in [0.2, 0.25) is 0 Å². The first-order chi connectivity index (χ1) is 11.5. The number of aromatic amines is 2. The zero-order chi connectivity index (χ0) is 16.8. The Balaban J connectivity index is 2.00. The molecule has 0 spiro atoms. The number of benzene rings is 1. The second-order valence-electron chi connectivity index (χ2n) is 6.03. The molecule has 2 atom stereocenters. The Labute approximate surface area is 136 Å². The Morgan fingerprint density at radius 3 is 2.50 bits per heavy atom. The lowest BCUT2D eigenvalue weighted by molar-refractivity contribution is -0.122. The fourth-order valence-corrected chi connectivity index (χ4v) is 3.56. The van der Waals surface area contributed by atoms with Gasteiger partial charge in [0.15, 0.2) is 0 Å². The van der Waals surface area contributed by atoms with Crippen LogP contribution in [-0.4, -0.2) is 20.9 Å². The van der Waals surface area contributed by atoms with Crippen LogP contribution < -0.4 is 16.6 Å². The van der Waals surface area contributed by atoms with Crippen LogP contribution in [0.2, 0.25) is 0 Å². The van der Waals surface area contributed by atoms with E-state index in [9.17, 15) is 19.5 Å². The van der Waals surface area contributed by atoms with Gasteiger partial charge in [0.25, 0.3) is 5.56 Å². The molecule has 0 saturated heterocycles. The van der Waals surface area contributed by atoms with Crippen molar-refractivity contribution in [3.63, 3.8) is 0 Å². The van der Waals surface area contributed by atoms with Crippen LogP contribution in [0.25, 0.3) is 0 Å². The molecule has 7 nitrogen and oxygen atoms in total. The van der Waals surface area contributed by atoms with E-state index in [4.69, 9.17) is 0 Å². The fourth-order valence-electron chi connectivity index (χ4n) is 3.56. The van der Waals surface area contributed by atoms with E-state index in [0.717, 1.165) is 5.56 Å². The van der Waals surface area contributed by atoms with E-state index < -0.39 is 23.1 Å². The molecule has 0 amide bonds. The summed E-state index contributed by atoms with van der Waals surface area (Å²) in [4.78, 5) is 41.4. The maximum absolute atomic E-state index is 12.6. The summed E-state index contributed by atoms with van der Waals surface area (Å²) in [6, 6.07) is 6.43. The molecule has 122 valence electrons. The average Bonchev–Trinajstić information content (AvgIpc) is 2.54. The number of hydrogen-bond donors (Lipinski definition) is 4. The molecule has 2 aromatic rings. The van der Waals surface area contributed by atoms with Crippen molar-refractivity contribution < 1.29 is 9.90 Å². The third kappa shape index (κ3) is 2.17. The van der Waals surface area contributed by atoms with Gasteiger partial charge in [0, 0.05) is 18.0 Å². The minimum atomic E-state index is -0.600. The summed E-state index contributed by atoms with van der Waals surface area (Å²) in [5, 5.41) is 12.6. The summed E-state index contributed by atoms with van der Waals surface area (Å²) in [6.45, 7) is 0. The van der Waals surface area contributed by atoms with Gasteiger partial charge in [-0.25, -0.2) is 4.79 Å². The van der Waals surface area contributed by atoms with Crippen molar-refractivity contribution in [3.05, 3.63) is 68.0 Å². The molecule has 4 N–H and O–H groups in total. The Bertz CT molecular complexity index is 969. The first-order valence-electron chi connectivity index (χ1n) is 7.70. The number of rotatable bonds is 1. The van der Waals surface area contributed by atoms with Gasteiger partial charge in [-0.15, -0.1) is 0 Å². The third-order valence-electron chi connectivity index (χ3n) is 4.58. The summed E-state index contributed by atoms with van der Waals surface area (Å²) >= 11 is 0. The lowest BCUT2D eigenvalue weighted by Crippen LogP contribution is -2.40. The zero-order valence-corrected chi connectivity index (χ0v) is 12.6. The largest absolute Gasteiger partial charge is 0.508 e. The van der Waals surface area contributed by atoms with Gasteiger partial charge < -0.3 is 10.4 Å². The number of carbonyl (C=O) groups is 1. The number of hydrogen-bond acceptors (Lipinski definition) is 5. The summed E-state index contributed by atoms with van der Waals surface area (Å²) in [5.74, 6) is -0.535. The minimum absolute atomic E-state index is 0.0503. The van der Waals surface area contributed by atoms with Crippen LogP contribution in [0.3, 0.4) is 0 Å². The monoisotopic (exact) mass is 325 g/mol. The molecular weight excluding hydrogens is 310 g/mol. The van der Waals surface area contributed by atoms with Crippen molar-refractivity contribution in [1.29, 1.82) is 0 Å². The molecule has 24 heavy (non-hydrogen) atoms. The van der Waals surface area contributed by atoms with Crippen LogP contribution in [0.4, 0.5) is 5.82 Å². The molecule has 4 rings (SSSR count). The van der Waals surface area contributed by atoms with Crippen molar-refractivity contribution in [2.45, 2.75) is 18.8 Å². The number of fused-ring (bicyclic) bond motifs is 2. The molecule has 2 heterocycles. The van der Waals surface area contributed by atoms with Gasteiger partial charge in [-0.1, -0.05) is 18.2 Å². The predicted octanol–water partition coefficient (Wildman–Crippen LogP) is 1.19. The van der Waals surface area contributed by atoms with E-state index in [1.54, 1.807) is 12.1 Å². The molecule has 2 aliphatic rings. The highest BCUT2D eigenvalue weighted by molar-refractivity contribution is 5.89. The number of Topliss-reactive ketones (excluding diaryl/α,β-unsaturated/α-hetero) is 1. The van der Waals surface area contributed by atoms with E-state index in [1.165, 1.54) is 12.1 Å². The maximum Gasteiger partial charge on any atom is 0.327 e. The van der Waals surface area contributed by atoms with Crippen molar-refractivity contribution in [2.75, 3.05) is 5.32 Å². The number of carbonyl (C=O) groups excluding carboxylic acids is 1. The Kier molecular flexibility index (Phi) is 3.16. The molecule has 0 saturated carbocycles. The lowest BCUT2D eigenvalue weighted by atomic mass is 9.72. The molecule has 1 aliphatic carbocycles. The van der Waals surface area contributed by atoms with E-state index in [-0.39, 0.29) is 11.5 Å². The Morgan fingerprint density at radius 2 is 1.75 bits per heavy atom. The number of aromatic nitrogens is 2. The standard InChI is InChI=1S/C17H15N3O4/c21-9-6-4-8(5-7-9)12-13-10(2-1-3-11(13)22)18-15-14(12)16(23)20-17(24)19-15/h2,4-7,12-13,21H,1,3H2,(H3,18,19,20,23,24)/t12-,13-/m0/s1. The van der Waals surface area contributed by atoms with Gasteiger partial charge in [0.1, 0.15) is 17.4 Å². The summed E-state index contributed by atoms with van der Waals surface area (Å²) < 4.78 is 0. The van der Waals surface area contributed by atoms with Gasteiger partial charge >= 0.3 is 5.69 Å². The molecule has 1 aromatic carbocycles. The number of nitrogens with one attached hydrogen (secondary N) is 3. The number of phenols is 1. The highest BCUT2D eigenvalue weighted by Crippen LogP contribution is 2.44.